The summed E-state index contributed by atoms with van der Waals surface area (Å²) in [5, 5.41) is 0.652. The SMILES string of the molecule is C[Si](C)(C)OP(=O)(CCBr)O[Si](C)(C)C. The maximum absolute atomic E-state index is 12.4. The predicted molar refractivity (Wildman–Crippen MR) is 75.1 cm³/mol. The van der Waals surface area contributed by atoms with Crippen LogP contribution in [0.15, 0.2) is 0 Å². The molecule has 0 rings (SSSR count). The Bertz CT molecular complexity index is 227. The molecule has 0 aromatic rings. The summed E-state index contributed by atoms with van der Waals surface area (Å²) in [6.45, 7) is 12.2. The normalized spacial score (nSPS) is 14.3. The highest BCUT2D eigenvalue weighted by Gasteiger charge is 2.35. The monoisotopic (exact) mass is 332 g/mol. The van der Waals surface area contributed by atoms with E-state index in [1.807, 2.05) is 39.3 Å². The van der Waals surface area contributed by atoms with Crippen molar-refractivity contribution in [1.82, 2.24) is 0 Å². The summed E-state index contributed by atoms with van der Waals surface area (Å²) >= 11 is 3.30. The van der Waals surface area contributed by atoms with Crippen molar-refractivity contribution < 1.29 is 13.0 Å². The van der Waals surface area contributed by atoms with E-state index in [1.165, 1.54) is 0 Å². The molecule has 15 heavy (non-hydrogen) atoms. The van der Waals surface area contributed by atoms with Crippen LogP contribution in [0.3, 0.4) is 0 Å². The van der Waals surface area contributed by atoms with E-state index in [-0.39, 0.29) is 0 Å². The zero-order chi connectivity index (χ0) is 12.3. The Labute approximate surface area is 104 Å². The molecule has 92 valence electrons. The average Bonchev–Trinajstić information content (AvgIpc) is 1.74. The summed E-state index contributed by atoms with van der Waals surface area (Å²) < 4.78 is 23.9. The minimum atomic E-state index is -2.89. The molecule has 0 bridgehead atoms. The summed E-state index contributed by atoms with van der Waals surface area (Å²) in [5.41, 5.74) is 0. The zero-order valence-electron chi connectivity index (χ0n) is 10.5. The van der Waals surface area contributed by atoms with Crippen LogP contribution in [0.4, 0.5) is 0 Å². The lowest BCUT2D eigenvalue weighted by Gasteiger charge is -2.30. The van der Waals surface area contributed by atoms with E-state index in [9.17, 15) is 4.57 Å². The van der Waals surface area contributed by atoms with Crippen LogP contribution in [0.2, 0.25) is 39.3 Å². The van der Waals surface area contributed by atoms with E-state index in [0.717, 1.165) is 0 Å². The fourth-order valence-electron chi connectivity index (χ4n) is 1.05. The third-order valence-corrected chi connectivity index (χ3v) is 9.57. The van der Waals surface area contributed by atoms with Crippen LogP contribution in [0.5, 0.6) is 0 Å². The number of rotatable bonds is 6. The molecule has 0 unspecified atom stereocenters. The van der Waals surface area contributed by atoms with Gasteiger partial charge in [0.25, 0.3) is 0 Å². The van der Waals surface area contributed by atoms with Crippen molar-refractivity contribution >= 4 is 40.2 Å². The molecule has 0 aliphatic heterocycles. The molecular formula is C8H22BrO3PSi2. The van der Waals surface area contributed by atoms with Gasteiger partial charge in [-0.15, -0.1) is 0 Å². The highest BCUT2D eigenvalue weighted by molar-refractivity contribution is 9.09. The van der Waals surface area contributed by atoms with Crippen molar-refractivity contribution in [3.63, 3.8) is 0 Å². The van der Waals surface area contributed by atoms with Gasteiger partial charge in [-0.1, -0.05) is 15.9 Å². The van der Waals surface area contributed by atoms with E-state index < -0.39 is 24.2 Å². The van der Waals surface area contributed by atoms with Gasteiger partial charge in [0, 0.05) is 5.33 Å². The lowest BCUT2D eigenvalue weighted by Crippen LogP contribution is -2.30. The van der Waals surface area contributed by atoms with Crippen LogP contribution in [0.1, 0.15) is 0 Å². The summed E-state index contributed by atoms with van der Waals surface area (Å²) in [4.78, 5) is 0. The molecule has 0 atom stereocenters. The first-order chi connectivity index (χ1) is 6.47. The van der Waals surface area contributed by atoms with Crippen molar-refractivity contribution in [1.29, 1.82) is 0 Å². The topological polar surface area (TPSA) is 35.5 Å². The molecule has 0 N–H and O–H groups in total. The van der Waals surface area contributed by atoms with Crippen LogP contribution in [-0.4, -0.2) is 28.1 Å². The largest absolute Gasteiger partial charge is 0.352 e. The van der Waals surface area contributed by atoms with E-state index in [1.54, 1.807) is 0 Å². The van der Waals surface area contributed by atoms with Gasteiger partial charge in [0.15, 0.2) is 16.6 Å². The van der Waals surface area contributed by atoms with Crippen molar-refractivity contribution in [3.05, 3.63) is 0 Å². The highest BCUT2D eigenvalue weighted by atomic mass is 79.9. The van der Waals surface area contributed by atoms with Crippen molar-refractivity contribution in [2.45, 2.75) is 39.3 Å². The maximum atomic E-state index is 12.4. The van der Waals surface area contributed by atoms with Gasteiger partial charge in [0.05, 0.1) is 6.16 Å². The smallest absolute Gasteiger partial charge is 0.312 e. The molecule has 0 aromatic carbocycles. The van der Waals surface area contributed by atoms with Gasteiger partial charge in [-0.3, -0.25) is 4.57 Å². The summed E-state index contributed by atoms with van der Waals surface area (Å²) in [7, 11) is -6.52. The van der Waals surface area contributed by atoms with E-state index >= 15 is 0 Å². The molecule has 7 heteroatoms. The standard InChI is InChI=1S/C8H22BrO3PSi2/c1-14(2,3)11-13(10,8-7-9)12-15(4,5)6/h7-8H2,1-6H3. The molecule has 0 aliphatic rings. The second-order valence-corrected chi connectivity index (χ2v) is 17.8. The first kappa shape index (κ1) is 16.1. The van der Waals surface area contributed by atoms with Crippen molar-refractivity contribution in [2.75, 3.05) is 11.5 Å². The number of halogens is 1. The van der Waals surface area contributed by atoms with Crippen LogP contribution >= 0.6 is 23.5 Å². The lowest BCUT2D eigenvalue weighted by molar-refractivity contribution is 0.385. The van der Waals surface area contributed by atoms with E-state index in [0.29, 0.717) is 11.5 Å². The van der Waals surface area contributed by atoms with Gasteiger partial charge in [-0.2, -0.15) is 0 Å². The van der Waals surface area contributed by atoms with Gasteiger partial charge in [-0.05, 0) is 39.3 Å². The highest BCUT2D eigenvalue weighted by Crippen LogP contribution is 2.52. The first-order valence-corrected chi connectivity index (χ1v) is 14.7. The Hall–Kier alpha value is 1.06. The Morgan fingerprint density at radius 3 is 1.53 bits per heavy atom. The first-order valence-electron chi connectivity index (χ1n) is 5.04. The van der Waals surface area contributed by atoms with Gasteiger partial charge >= 0.3 is 7.60 Å². The van der Waals surface area contributed by atoms with Crippen molar-refractivity contribution in [2.24, 2.45) is 0 Å². The molecule has 0 aliphatic carbocycles. The average molecular weight is 333 g/mol. The predicted octanol–water partition coefficient (Wildman–Crippen LogP) is 4.28. The molecule has 0 saturated heterocycles. The molecule has 3 nitrogen and oxygen atoms in total. The van der Waals surface area contributed by atoms with Crippen molar-refractivity contribution in [3.8, 4) is 0 Å². The maximum Gasteiger partial charge on any atom is 0.312 e. The molecule has 0 fully saturated rings. The Morgan fingerprint density at radius 2 is 1.33 bits per heavy atom. The summed E-state index contributed by atoms with van der Waals surface area (Å²) in [6, 6.07) is 0. The second kappa shape index (κ2) is 5.60. The third-order valence-electron chi connectivity index (χ3n) is 1.18. The Kier molecular flexibility index (Phi) is 6.00. The van der Waals surface area contributed by atoms with E-state index in [4.69, 9.17) is 8.43 Å². The minimum absolute atomic E-state index is 0.460. The third kappa shape index (κ3) is 8.83. The molecular weight excluding hydrogens is 311 g/mol. The van der Waals surface area contributed by atoms with Gasteiger partial charge in [0.1, 0.15) is 0 Å². The number of alkyl halides is 1. The number of hydrogen-bond acceptors (Lipinski definition) is 3. The zero-order valence-corrected chi connectivity index (χ0v) is 14.9. The summed E-state index contributed by atoms with van der Waals surface area (Å²) in [6.07, 6.45) is 0.460. The molecule has 0 radical (unpaired) electrons. The Balaban J connectivity index is 4.68. The van der Waals surface area contributed by atoms with Crippen LogP contribution in [-0.2, 0) is 13.0 Å². The molecule has 0 heterocycles. The quantitative estimate of drug-likeness (QED) is 0.413. The van der Waals surface area contributed by atoms with Crippen LogP contribution in [0.25, 0.3) is 0 Å². The fraction of sp³-hybridized carbons (Fsp3) is 1.00. The second-order valence-electron chi connectivity index (χ2n) is 5.43. The van der Waals surface area contributed by atoms with Gasteiger partial charge < -0.3 is 8.43 Å². The number of hydrogen-bond donors (Lipinski definition) is 0. The Morgan fingerprint density at radius 1 is 1.00 bits per heavy atom. The lowest BCUT2D eigenvalue weighted by atomic mass is 11.0. The summed E-state index contributed by atoms with van der Waals surface area (Å²) in [5.74, 6) is 0. The molecule has 0 aromatic heterocycles. The molecule has 0 spiro atoms. The fourth-order valence-corrected chi connectivity index (χ4v) is 10.4. The molecule has 0 saturated carbocycles. The van der Waals surface area contributed by atoms with E-state index in [2.05, 4.69) is 15.9 Å². The van der Waals surface area contributed by atoms with Gasteiger partial charge in [-0.25, -0.2) is 0 Å². The van der Waals surface area contributed by atoms with Crippen LogP contribution < -0.4 is 0 Å². The minimum Gasteiger partial charge on any atom is -0.352 e. The molecule has 0 amide bonds. The van der Waals surface area contributed by atoms with Gasteiger partial charge in [0.2, 0.25) is 0 Å². The van der Waals surface area contributed by atoms with Crippen LogP contribution in [0, 0.1) is 0 Å².